The first-order chi connectivity index (χ1) is 8.27. The van der Waals surface area contributed by atoms with Gasteiger partial charge in [0.1, 0.15) is 0 Å². The molecule has 0 aromatic heterocycles. The van der Waals surface area contributed by atoms with E-state index >= 15 is 0 Å². The highest BCUT2D eigenvalue weighted by Gasteiger charge is 2.05. The molecule has 1 unspecified atom stereocenters. The van der Waals surface area contributed by atoms with Crippen LogP contribution >= 0.6 is 0 Å². The summed E-state index contributed by atoms with van der Waals surface area (Å²) in [7, 11) is 0. The van der Waals surface area contributed by atoms with Gasteiger partial charge in [0.05, 0.1) is 0 Å². The number of benzene rings is 1. The van der Waals surface area contributed by atoms with Crippen LogP contribution in [0, 0.1) is 0 Å². The van der Waals surface area contributed by atoms with Crippen molar-refractivity contribution < 1.29 is 0 Å². The molecule has 1 aromatic carbocycles. The molecule has 0 saturated carbocycles. The van der Waals surface area contributed by atoms with Crippen molar-refractivity contribution in [2.75, 3.05) is 0 Å². The Balaban J connectivity index is 2.30. The van der Waals surface area contributed by atoms with Gasteiger partial charge in [0.15, 0.2) is 0 Å². The number of nitrogens with two attached hydrogens (primary N) is 1. The standard InChI is InChI=1S/C16H25N/c1-3-5-6-7-8-9-16(17)15-12-10-14(4-2)11-13-15/h3,10-13,16H,1,4-9,17H2,2H3. The molecule has 0 spiro atoms. The van der Waals surface area contributed by atoms with Gasteiger partial charge in [-0.15, -0.1) is 6.58 Å². The molecule has 1 nitrogen and oxygen atoms in total. The average molecular weight is 231 g/mol. The highest BCUT2D eigenvalue weighted by atomic mass is 14.6. The van der Waals surface area contributed by atoms with Crippen molar-refractivity contribution in [2.24, 2.45) is 5.73 Å². The molecule has 0 fully saturated rings. The van der Waals surface area contributed by atoms with Crippen LogP contribution in [0.3, 0.4) is 0 Å². The van der Waals surface area contributed by atoms with Crippen molar-refractivity contribution >= 4 is 0 Å². The molecule has 0 heterocycles. The SMILES string of the molecule is C=CCCCCCC(N)c1ccc(CC)cc1. The minimum absolute atomic E-state index is 0.199. The van der Waals surface area contributed by atoms with Crippen LogP contribution in [0.5, 0.6) is 0 Å². The lowest BCUT2D eigenvalue weighted by atomic mass is 9.99. The molecule has 94 valence electrons. The summed E-state index contributed by atoms with van der Waals surface area (Å²) in [4.78, 5) is 0. The second-order valence-corrected chi connectivity index (χ2v) is 4.63. The summed E-state index contributed by atoms with van der Waals surface area (Å²) in [5.41, 5.74) is 8.83. The predicted octanol–water partition coefficient (Wildman–Crippen LogP) is 4.39. The Hall–Kier alpha value is -1.08. The van der Waals surface area contributed by atoms with Crippen molar-refractivity contribution in [3.05, 3.63) is 48.0 Å². The molecule has 0 aliphatic rings. The van der Waals surface area contributed by atoms with Crippen LogP contribution < -0.4 is 5.73 Å². The fourth-order valence-corrected chi connectivity index (χ4v) is 2.00. The summed E-state index contributed by atoms with van der Waals surface area (Å²) in [5, 5.41) is 0. The zero-order valence-electron chi connectivity index (χ0n) is 11.0. The van der Waals surface area contributed by atoms with Crippen molar-refractivity contribution in [1.29, 1.82) is 0 Å². The zero-order valence-corrected chi connectivity index (χ0v) is 11.0. The lowest BCUT2D eigenvalue weighted by Crippen LogP contribution is -2.10. The van der Waals surface area contributed by atoms with E-state index in [4.69, 9.17) is 5.73 Å². The third kappa shape index (κ3) is 5.18. The second kappa shape index (κ2) is 8.08. The van der Waals surface area contributed by atoms with Crippen LogP contribution in [0.1, 0.15) is 56.2 Å². The predicted molar refractivity (Wildman–Crippen MR) is 76.0 cm³/mol. The van der Waals surface area contributed by atoms with Gasteiger partial charge in [-0.25, -0.2) is 0 Å². The number of rotatable bonds is 8. The summed E-state index contributed by atoms with van der Waals surface area (Å²) in [6, 6.07) is 8.92. The molecule has 2 N–H and O–H groups in total. The van der Waals surface area contributed by atoms with Crippen molar-refractivity contribution in [3.63, 3.8) is 0 Å². The Morgan fingerprint density at radius 3 is 2.47 bits per heavy atom. The van der Waals surface area contributed by atoms with E-state index in [1.165, 1.54) is 30.4 Å². The summed E-state index contributed by atoms with van der Waals surface area (Å²) in [6.07, 6.45) is 9.01. The Morgan fingerprint density at radius 2 is 1.88 bits per heavy atom. The van der Waals surface area contributed by atoms with Crippen molar-refractivity contribution in [1.82, 2.24) is 0 Å². The third-order valence-electron chi connectivity index (χ3n) is 3.24. The molecule has 1 heteroatoms. The number of hydrogen-bond donors (Lipinski definition) is 1. The van der Waals surface area contributed by atoms with Gasteiger partial charge in [0.25, 0.3) is 0 Å². The quantitative estimate of drug-likeness (QED) is 0.521. The maximum Gasteiger partial charge on any atom is 0.0294 e. The number of aryl methyl sites for hydroxylation is 1. The molecule has 0 aliphatic carbocycles. The van der Waals surface area contributed by atoms with Crippen LogP contribution in [-0.2, 0) is 6.42 Å². The molecule has 0 bridgehead atoms. The van der Waals surface area contributed by atoms with E-state index in [1.54, 1.807) is 0 Å². The Bertz CT molecular complexity index is 313. The van der Waals surface area contributed by atoms with E-state index in [0.717, 1.165) is 19.3 Å². The topological polar surface area (TPSA) is 26.0 Å². The number of hydrogen-bond acceptors (Lipinski definition) is 1. The lowest BCUT2D eigenvalue weighted by molar-refractivity contribution is 0.572. The van der Waals surface area contributed by atoms with Gasteiger partial charge < -0.3 is 5.73 Å². The second-order valence-electron chi connectivity index (χ2n) is 4.63. The molecular weight excluding hydrogens is 206 g/mol. The molecule has 0 saturated heterocycles. The van der Waals surface area contributed by atoms with E-state index < -0.39 is 0 Å². The monoisotopic (exact) mass is 231 g/mol. The van der Waals surface area contributed by atoms with E-state index in [0.29, 0.717) is 0 Å². The first-order valence-electron chi connectivity index (χ1n) is 6.73. The summed E-state index contributed by atoms with van der Waals surface area (Å²) in [5.74, 6) is 0. The van der Waals surface area contributed by atoms with Gasteiger partial charge >= 0.3 is 0 Å². The fraction of sp³-hybridized carbons (Fsp3) is 0.500. The van der Waals surface area contributed by atoms with Crippen LogP contribution in [0.2, 0.25) is 0 Å². The first kappa shape index (κ1) is 14.0. The van der Waals surface area contributed by atoms with Crippen LogP contribution in [0.4, 0.5) is 0 Å². The van der Waals surface area contributed by atoms with E-state index in [1.807, 2.05) is 6.08 Å². The van der Waals surface area contributed by atoms with E-state index in [-0.39, 0.29) is 6.04 Å². The molecule has 17 heavy (non-hydrogen) atoms. The third-order valence-corrected chi connectivity index (χ3v) is 3.24. The van der Waals surface area contributed by atoms with Gasteiger partial charge in [0.2, 0.25) is 0 Å². The normalized spacial score (nSPS) is 12.4. The van der Waals surface area contributed by atoms with Gasteiger partial charge in [-0.05, 0) is 36.8 Å². The van der Waals surface area contributed by atoms with Gasteiger partial charge in [-0.1, -0.05) is 50.1 Å². The Kier molecular flexibility index (Phi) is 6.64. The zero-order chi connectivity index (χ0) is 12.5. The number of unbranched alkanes of at least 4 members (excludes halogenated alkanes) is 3. The summed E-state index contributed by atoms with van der Waals surface area (Å²) in [6.45, 7) is 5.91. The van der Waals surface area contributed by atoms with E-state index in [9.17, 15) is 0 Å². The molecule has 1 rings (SSSR count). The Labute approximate surface area is 106 Å². The maximum atomic E-state index is 6.18. The fourth-order valence-electron chi connectivity index (χ4n) is 2.00. The van der Waals surface area contributed by atoms with Crippen LogP contribution in [0.25, 0.3) is 0 Å². The Morgan fingerprint density at radius 1 is 1.18 bits per heavy atom. The summed E-state index contributed by atoms with van der Waals surface area (Å²) < 4.78 is 0. The summed E-state index contributed by atoms with van der Waals surface area (Å²) >= 11 is 0. The molecule has 1 aromatic rings. The largest absolute Gasteiger partial charge is 0.324 e. The van der Waals surface area contributed by atoms with Crippen LogP contribution in [0.15, 0.2) is 36.9 Å². The molecular formula is C16H25N. The molecule has 0 aliphatic heterocycles. The van der Waals surface area contributed by atoms with Gasteiger partial charge in [-0.2, -0.15) is 0 Å². The van der Waals surface area contributed by atoms with Crippen molar-refractivity contribution in [2.45, 2.75) is 51.5 Å². The molecule has 0 radical (unpaired) electrons. The highest BCUT2D eigenvalue weighted by molar-refractivity contribution is 5.24. The average Bonchev–Trinajstić information content (AvgIpc) is 2.38. The van der Waals surface area contributed by atoms with E-state index in [2.05, 4.69) is 37.8 Å². The molecule has 0 amide bonds. The smallest absolute Gasteiger partial charge is 0.0294 e. The minimum atomic E-state index is 0.199. The van der Waals surface area contributed by atoms with Gasteiger partial charge in [0, 0.05) is 6.04 Å². The lowest BCUT2D eigenvalue weighted by Gasteiger charge is -2.12. The first-order valence-corrected chi connectivity index (χ1v) is 6.73. The highest BCUT2D eigenvalue weighted by Crippen LogP contribution is 2.18. The number of allylic oxidation sites excluding steroid dienone is 1. The molecule has 1 atom stereocenters. The van der Waals surface area contributed by atoms with Crippen LogP contribution in [-0.4, -0.2) is 0 Å². The minimum Gasteiger partial charge on any atom is -0.324 e. The van der Waals surface area contributed by atoms with Gasteiger partial charge in [-0.3, -0.25) is 0 Å². The van der Waals surface area contributed by atoms with Crippen molar-refractivity contribution in [3.8, 4) is 0 Å². The maximum absolute atomic E-state index is 6.18.